The highest BCUT2D eigenvalue weighted by atomic mass is 35.5. The minimum atomic E-state index is -1.30. The van der Waals surface area contributed by atoms with Crippen molar-refractivity contribution in [2.24, 2.45) is 0 Å². The Balaban J connectivity index is 2.57. The number of rotatable bonds is 11. The number of aliphatic hydroxyl groups excluding tert-OH is 1. The standard InChI is InChI=1S/C30H42ClN3O5/c1-8-9-10-16-34(28(37)24(18-35)32-29(38)39-30(5,6)7)26(22-15-14-19(2)17-21(22)4)27(36)33-25-20(3)12-11-13-23(25)31/h11-15,17,24,26,35H,8-10,16,18H2,1-7H3,(H,32,38)(H,33,36). The second-order valence-corrected chi connectivity index (χ2v) is 11.2. The molecule has 2 aromatic carbocycles. The maximum absolute atomic E-state index is 14.0. The SMILES string of the molecule is CCCCCN(C(=O)C(CO)NC(=O)OC(C)(C)C)C(C(=O)Nc1c(C)cccc1Cl)c1ccc(C)cc1C. The Morgan fingerprint density at radius 1 is 1.05 bits per heavy atom. The fourth-order valence-corrected chi connectivity index (χ4v) is 4.57. The van der Waals surface area contributed by atoms with Gasteiger partial charge in [0.25, 0.3) is 5.91 Å². The van der Waals surface area contributed by atoms with Crippen molar-refractivity contribution < 1.29 is 24.2 Å². The number of benzene rings is 2. The predicted molar refractivity (Wildman–Crippen MR) is 155 cm³/mol. The number of hydrogen-bond donors (Lipinski definition) is 3. The number of hydrogen-bond acceptors (Lipinski definition) is 5. The van der Waals surface area contributed by atoms with Crippen LogP contribution in [0.4, 0.5) is 10.5 Å². The molecule has 3 N–H and O–H groups in total. The number of anilines is 1. The van der Waals surface area contributed by atoms with Gasteiger partial charge in [-0.15, -0.1) is 0 Å². The van der Waals surface area contributed by atoms with Gasteiger partial charge in [0.05, 0.1) is 17.3 Å². The van der Waals surface area contributed by atoms with Crippen LogP contribution in [0, 0.1) is 20.8 Å². The van der Waals surface area contributed by atoms with Crippen molar-refractivity contribution in [2.45, 2.75) is 85.4 Å². The van der Waals surface area contributed by atoms with Crippen LogP contribution in [0.15, 0.2) is 36.4 Å². The summed E-state index contributed by atoms with van der Waals surface area (Å²) in [6.45, 7) is 12.4. The van der Waals surface area contributed by atoms with E-state index in [4.69, 9.17) is 16.3 Å². The van der Waals surface area contributed by atoms with Crippen molar-refractivity contribution >= 4 is 35.2 Å². The third kappa shape index (κ3) is 9.25. The van der Waals surface area contributed by atoms with E-state index in [2.05, 4.69) is 10.6 Å². The summed E-state index contributed by atoms with van der Waals surface area (Å²) in [5, 5.41) is 15.9. The maximum Gasteiger partial charge on any atom is 0.408 e. The molecule has 0 radical (unpaired) electrons. The molecule has 0 aliphatic carbocycles. The van der Waals surface area contributed by atoms with Crippen molar-refractivity contribution in [1.82, 2.24) is 10.2 Å². The maximum atomic E-state index is 14.0. The summed E-state index contributed by atoms with van der Waals surface area (Å²) >= 11 is 6.41. The first-order chi connectivity index (χ1) is 18.3. The molecule has 0 fully saturated rings. The summed E-state index contributed by atoms with van der Waals surface area (Å²) in [5.41, 5.74) is 2.94. The Hall–Kier alpha value is -3.10. The van der Waals surface area contributed by atoms with Crippen LogP contribution in [0.5, 0.6) is 0 Å². The molecule has 0 aliphatic heterocycles. The monoisotopic (exact) mass is 559 g/mol. The summed E-state index contributed by atoms with van der Waals surface area (Å²) in [7, 11) is 0. The molecular formula is C30H42ClN3O5. The van der Waals surface area contributed by atoms with E-state index in [-0.39, 0.29) is 6.54 Å². The molecule has 2 rings (SSSR count). The summed E-state index contributed by atoms with van der Waals surface area (Å²) in [5.74, 6) is -1.03. The number of halogens is 1. The van der Waals surface area contributed by atoms with E-state index in [1.807, 2.05) is 52.0 Å². The van der Waals surface area contributed by atoms with Gasteiger partial charge in [-0.25, -0.2) is 4.79 Å². The lowest BCUT2D eigenvalue weighted by Crippen LogP contribution is -2.54. The molecular weight excluding hydrogens is 518 g/mol. The van der Waals surface area contributed by atoms with Crippen molar-refractivity contribution in [3.05, 3.63) is 63.7 Å². The molecule has 0 aliphatic rings. The number of nitrogens with one attached hydrogen (secondary N) is 2. The minimum absolute atomic E-state index is 0.242. The van der Waals surface area contributed by atoms with Gasteiger partial charge in [-0.3, -0.25) is 9.59 Å². The van der Waals surface area contributed by atoms with Gasteiger partial charge in [-0.05, 0) is 70.7 Å². The number of para-hydroxylation sites is 1. The average molecular weight is 560 g/mol. The first kappa shape index (κ1) is 32.1. The van der Waals surface area contributed by atoms with Crippen LogP contribution in [0.3, 0.4) is 0 Å². The van der Waals surface area contributed by atoms with Crippen LogP contribution in [-0.2, 0) is 14.3 Å². The van der Waals surface area contributed by atoms with Gasteiger partial charge >= 0.3 is 6.09 Å². The van der Waals surface area contributed by atoms with Crippen LogP contribution < -0.4 is 10.6 Å². The molecule has 214 valence electrons. The van der Waals surface area contributed by atoms with Crippen LogP contribution in [-0.4, -0.2) is 52.7 Å². The van der Waals surface area contributed by atoms with Crippen LogP contribution in [0.1, 0.15) is 75.3 Å². The van der Waals surface area contributed by atoms with E-state index in [0.717, 1.165) is 29.5 Å². The molecule has 0 spiro atoms. The highest BCUT2D eigenvalue weighted by Gasteiger charge is 2.37. The Morgan fingerprint density at radius 3 is 2.31 bits per heavy atom. The second-order valence-electron chi connectivity index (χ2n) is 10.8. The van der Waals surface area contributed by atoms with Crippen molar-refractivity contribution in [2.75, 3.05) is 18.5 Å². The van der Waals surface area contributed by atoms with Gasteiger partial charge in [0.2, 0.25) is 5.91 Å². The topological polar surface area (TPSA) is 108 Å². The van der Waals surface area contributed by atoms with Gasteiger partial charge < -0.3 is 25.4 Å². The first-order valence-electron chi connectivity index (χ1n) is 13.3. The largest absolute Gasteiger partial charge is 0.444 e. The van der Waals surface area contributed by atoms with Gasteiger partial charge in [0, 0.05) is 6.54 Å². The third-order valence-corrected chi connectivity index (χ3v) is 6.52. The third-order valence-electron chi connectivity index (χ3n) is 6.21. The van der Waals surface area contributed by atoms with Gasteiger partial charge in [0.15, 0.2) is 0 Å². The second kappa shape index (κ2) is 14.3. The Morgan fingerprint density at radius 2 is 1.74 bits per heavy atom. The van der Waals surface area contributed by atoms with E-state index in [1.54, 1.807) is 32.9 Å². The number of carbonyl (C=O) groups is 3. The number of ether oxygens (including phenoxy) is 1. The summed E-state index contributed by atoms with van der Waals surface area (Å²) in [6, 6.07) is 8.66. The van der Waals surface area contributed by atoms with E-state index in [9.17, 15) is 19.5 Å². The number of unbranched alkanes of at least 4 members (excludes halogenated alkanes) is 2. The molecule has 9 heteroatoms. The molecule has 3 amide bonds. The summed E-state index contributed by atoms with van der Waals surface area (Å²) in [6.07, 6.45) is 1.54. The van der Waals surface area contributed by atoms with E-state index in [0.29, 0.717) is 22.7 Å². The zero-order valence-corrected chi connectivity index (χ0v) is 24.8. The fourth-order valence-electron chi connectivity index (χ4n) is 4.30. The Bertz CT molecular complexity index is 1140. The quantitative estimate of drug-likeness (QED) is 0.299. The Labute approximate surface area is 237 Å². The lowest BCUT2D eigenvalue weighted by atomic mass is 9.96. The summed E-state index contributed by atoms with van der Waals surface area (Å²) in [4.78, 5) is 41.9. The number of alkyl carbamates (subject to hydrolysis) is 1. The first-order valence-corrected chi connectivity index (χ1v) is 13.7. The lowest BCUT2D eigenvalue weighted by molar-refractivity contribution is -0.141. The highest BCUT2D eigenvalue weighted by molar-refractivity contribution is 6.34. The van der Waals surface area contributed by atoms with Crippen molar-refractivity contribution in [1.29, 1.82) is 0 Å². The average Bonchev–Trinajstić information content (AvgIpc) is 2.83. The van der Waals surface area contributed by atoms with Crippen molar-refractivity contribution in [3.63, 3.8) is 0 Å². The van der Waals surface area contributed by atoms with Crippen LogP contribution in [0.2, 0.25) is 5.02 Å². The zero-order chi connectivity index (χ0) is 29.3. The normalized spacial score (nSPS) is 12.8. The number of nitrogens with zero attached hydrogens (tertiary/aromatic N) is 1. The predicted octanol–water partition coefficient (Wildman–Crippen LogP) is 5.85. The van der Waals surface area contributed by atoms with Gasteiger partial charge in [-0.2, -0.15) is 0 Å². The molecule has 2 atom stereocenters. The number of aryl methyl sites for hydroxylation is 3. The molecule has 0 bridgehead atoms. The van der Waals surface area contributed by atoms with E-state index < -0.39 is 42.2 Å². The smallest absolute Gasteiger partial charge is 0.408 e. The van der Waals surface area contributed by atoms with E-state index in [1.165, 1.54) is 4.90 Å². The van der Waals surface area contributed by atoms with Crippen LogP contribution >= 0.6 is 11.6 Å². The molecule has 0 heterocycles. The summed E-state index contributed by atoms with van der Waals surface area (Å²) < 4.78 is 5.30. The fraction of sp³-hybridized carbons (Fsp3) is 0.500. The molecule has 8 nitrogen and oxygen atoms in total. The number of amides is 3. The molecule has 39 heavy (non-hydrogen) atoms. The molecule has 0 aromatic heterocycles. The molecule has 0 saturated carbocycles. The zero-order valence-electron chi connectivity index (χ0n) is 24.1. The minimum Gasteiger partial charge on any atom is -0.444 e. The number of carbonyl (C=O) groups excluding carboxylic acids is 3. The van der Waals surface area contributed by atoms with Gasteiger partial charge in [-0.1, -0.05) is 67.3 Å². The van der Waals surface area contributed by atoms with Crippen LogP contribution in [0.25, 0.3) is 0 Å². The highest BCUT2D eigenvalue weighted by Crippen LogP contribution is 2.31. The van der Waals surface area contributed by atoms with Gasteiger partial charge in [0.1, 0.15) is 17.7 Å². The molecule has 2 unspecified atom stereocenters. The molecule has 2 aromatic rings. The molecule has 0 saturated heterocycles. The van der Waals surface area contributed by atoms with Crippen molar-refractivity contribution in [3.8, 4) is 0 Å². The number of aliphatic hydroxyl groups is 1. The Kier molecular flexibility index (Phi) is 11.8. The lowest BCUT2D eigenvalue weighted by Gasteiger charge is -2.35. The van der Waals surface area contributed by atoms with E-state index >= 15 is 0 Å².